The van der Waals surface area contributed by atoms with Crippen molar-refractivity contribution < 1.29 is 19.1 Å². The normalized spacial score (nSPS) is 22.6. The Morgan fingerprint density at radius 3 is 2.50 bits per heavy atom. The minimum atomic E-state index is -0.548. The lowest BCUT2D eigenvalue weighted by Gasteiger charge is -2.19. The summed E-state index contributed by atoms with van der Waals surface area (Å²) in [6.45, 7) is 7.06. The number of carbonyl (C=O) groups is 2. The maximum absolute atomic E-state index is 11.6. The molecule has 0 aliphatic heterocycles. The van der Waals surface area contributed by atoms with E-state index in [2.05, 4.69) is 15.0 Å². The molecule has 0 aromatic carbocycles. The van der Waals surface area contributed by atoms with E-state index in [1.54, 1.807) is 33.8 Å². The summed E-state index contributed by atoms with van der Waals surface area (Å²) in [5.74, 6) is -0.0702. The smallest absolute Gasteiger partial charge is 0.413 e. The van der Waals surface area contributed by atoms with Gasteiger partial charge in [-0.15, -0.1) is 0 Å². The molecule has 2 atom stereocenters. The molecular formula is C14H22N2O4. The van der Waals surface area contributed by atoms with E-state index in [9.17, 15) is 9.59 Å². The molecule has 0 aromatic heterocycles. The highest BCUT2D eigenvalue weighted by Gasteiger charge is 2.25. The molecule has 0 saturated carbocycles. The molecule has 112 valence electrons. The number of hydrogen-bond acceptors (Lipinski definition) is 5. The molecule has 0 spiro atoms. The van der Waals surface area contributed by atoms with Gasteiger partial charge in [0.25, 0.3) is 0 Å². The number of amides is 1. The van der Waals surface area contributed by atoms with Gasteiger partial charge in [0.15, 0.2) is 0 Å². The van der Waals surface area contributed by atoms with E-state index >= 15 is 0 Å². The van der Waals surface area contributed by atoms with Crippen molar-refractivity contribution in [3.8, 4) is 0 Å². The first-order chi connectivity index (χ1) is 9.21. The Morgan fingerprint density at radius 1 is 1.30 bits per heavy atom. The summed E-state index contributed by atoms with van der Waals surface area (Å²) >= 11 is 0. The Hall–Kier alpha value is -1.85. The first-order valence-corrected chi connectivity index (χ1v) is 6.52. The van der Waals surface area contributed by atoms with Gasteiger partial charge in [-0.25, -0.2) is 4.79 Å². The number of carbonyl (C=O) groups excluding carboxylic acids is 2. The van der Waals surface area contributed by atoms with Gasteiger partial charge in [0.1, 0.15) is 11.4 Å². The van der Waals surface area contributed by atoms with Crippen molar-refractivity contribution in [1.29, 1.82) is 0 Å². The molecule has 1 aliphatic rings. The maximum Gasteiger partial charge on any atom is 0.413 e. The number of nitrogens with one attached hydrogen (secondary N) is 1. The van der Waals surface area contributed by atoms with Gasteiger partial charge in [-0.2, -0.15) is 0 Å². The third-order valence-electron chi connectivity index (χ3n) is 2.61. The maximum atomic E-state index is 11.6. The van der Waals surface area contributed by atoms with E-state index < -0.39 is 11.7 Å². The lowest BCUT2D eigenvalue weighted by molar-refractivity contribution is -0.143. The zero-order valence-electron chi connectivity index (χ0n) is 12.6. The van der Waals surface area contributed by atoms with Gasteiger partial charge < -0.3 is 9.47 Å². The monoisotopic (exact) mass is 282 g/mol. The molecule has 1 amide bonds. The largest absolute Gasteiger partial charge is 0.469 e. The third-order valence-corrected chi connectivity index (χ3v) is 2.61. The van der Waals surface area contributed by atoms with E-state index in [0.717, 1.165) is 0 Å². The minimum Gasteiger partial charge on any atom is -0.469 e. The summed E-state index contributed by atoms with van der Waals surface area (Å²) in [4.78, 5) is 27.2. The van der Waals surface area contributed by atoms with Crippen LogP contribution in [0.15, 0.2) is 17.1 Å². The van der Waals surface area contributed by atoms with E-state index in [4.69, 9.17) is 4.74 Å². The van der Waals surface area contributed by atoms with Crippen molar-refractivity contribution in [2.24, 2.45) is 10.9 Å². The molecule has 1 aliphatic carbocycles. The number of methoxy groups -OCH3 is 1. The van der Waals surface area contributed by atoms with Gasteiger partial charge in [-0.05, 0) is 34.1 Å². The highest BCUT2D eigenvalue weighted by atomic mass is 16.6. The molecule has 6 heteroatoms. The molecule has 0 bridgehead atoms. The number of nitrogens with zero attached hydrogens (tertiary/aromatic N) is 1. The highest BCUT2D eigenvalue weighted by molar-refractivity contribution is 5.94. The minimum absolute atomic E-state index is 0.131. The van der Waals surface area contributed by atoms with Crippen LogP contribution in [0.5, 0.6) is 0 Å². The average molecular weight is 282 g/mol. The second-order valence-electron chi connectivity index (χ2n) is 5.66. The highest BCUT2D eigenvalue weighted by Crippen LogP contribution is 2.21. The fourth-order valence-corrected chi connectivity index (χ4v) is 1.83. The van der Waals surface area contributed by atoms with Crippen molar-refractivity contribution in [2.75, 3.05) is 7.11 Å². The van der Waals surface area contributed by atoms with Gasteiger partial charge in [0, 0.05) is 0 Å². The van der Waals surface area contributed by atoms with E-state index in [1.165, 1.54) is 7.11 Å². The summed E-state index contributed by atoms with van der Waals surface area (Å²) in [6.07, 6.45) is 3.63. The zero-order valence-corrected chi connectivity index (χ0v) is 12.6. The molecule has 6 nitrogen and oxygen atoms in total. The van der Waals surface area contributed by atoms with Crippen LogP contribution in [-0.2, 0) is 14.3 Å². The quantitative estimate of drug-likeness (QED) is 0.364. The molecule has 1 rings (SSSR count). The first-order valence-electron chi connectivity index (χ1n) is 6.52. The fraction of sp³-hybridized carbons (Fsp3) is 0.643. The van der Waals surface area contributed by atoms with E-state index in [0.29, 0.717) is 12.3 Å². The predicted octanol–water partition coefficient (Wildman–Crippen LogP) is 2.05. The van der Waals surface area contributed by atoms with Gasteiger partial charge in [-0.1, -0.05) is 12.2 Å². The number of rotatable bonds is 2. The van der Waals surface area contributed by atoms with Crippen molar-refractivity contribution in [1.82, 2.24) is 5.32 Å². The van der Waals surface area contributed by atoms with Crippen LogP contribution in [-0.4, -0.2) is 36.7 Å². The lowest BCUT2D eigenvalue weighted by atomic mass is 10.1. The van der Waals surface area contributed by atoms with Crippen LogP contribution < -0.4 is 5.32 Å². The van der Waals surface area contributed by atoms with E-state index in [1.807, 2.05) is 6.08 Å². The molecule has 0 radical (unpaired) electrons. The number of hydrogen-bond donors (Lipinski definition) is 1. The van der Waals surface area contributed by atoms with Crippen molar-refractivity contribution in [3.63, 3.8) is 0 Å². The summed E-state index contributed by atoms with van der Waals surface area (Å²) in [6, 6.07) is -0.131. The molecule has 0 heterocycles. The van der Waals surface area contributed by atoms with Crippen LogP contribution >= 0.6 is 0 Å². The standard InChI is InChI=1S/C14H22N2O4/c1-9(16-13(18)20-14(2,3)4)15-11-7-6-10(8-11)12(17)19-5/h6-7,10-11H,8H2,1-5H3,(H,15,16,18). The van der Waals surface area contributed by atoms with Gasteiger partial charge in [0.2, 0.25) is 0 Å². The topological polar surface area (TPSA) is 77.0 Å². The molecule has 0 fully saturated rings. The number of alkyl carbamates (subject to hydrolysis) is 1. The number of ether oxygens (including phenoxy) is 2. The molecule has 20 heavy (non-hydrogen) atoms. The van der Waals surface area contributed by atoms with E-state index in [-0.39, 0.29) is 17.9 Å². The number of amidine groups is 1. The third kappa shape index (κ3) is 5.42. The van der Waals surface area contributed by atoms with Crippen LogP contribution in [0.25, 0.3) is 0 Å². The summed E-state index contributed by atoms with van der Waals surface area (Å²) in [5, 5.41) is 2.56. The van der Waals surface area contributed by atoms with Crippen LogP contribution in [0.4, 0.5) is 4.79 Å². The molecular weight excluding hydrogens is 260 g/mol. The second kappa shape index (κ2) is 6.54. The van der Waals surface area contributed by atoms with Gasteiger partial charge >= 0.3 is 12.1 Å². The molecule has 1 N–H and O–H groups in total. The van der Waals surface area contributed by atoms with Crippen molar-refractivity contribution in [3.05, 3.63) is 12.2 Å². The second-order valence-corrected chi connectivity index (χ2v) is 5.66. The Labute approximate surface area is 119 Å². The van der Waals surface area contributed by atoms with Gasteiger partial charge in [-0.3, -0.25) is 15.1 Å². The molecule has 2 unspecified atom stereocenters. The van der Waals surface area contributed by atoms with Crippen LogP contribution in [0.3, 0.4) is 0 Å². The lowest BCUT2D eigenvalue weighted by Crippen LogP contribution is -2.35. The van der Waals surface area contributed by atoms with Crippen LogP contribution in [0.2, 0.25) is 0 Å². The zero-order chi connectivity index (χ0) is 15.3. The fourth-order valence-electron chi connectivity index (χ4n) is 1.83. The summed E-state index contributed by atoms with van der Waals surface area (Å²) in [7, 11) is 1.36. The Bertz CT molecular complexity index is 435. The van der Waals surface area contributed by atoms with Crippen molar-refractivity contribution >= 4 is 17.9 Å². The Morgan fingerprint density at radius 2 is 1.95 bits per heavy atom. The SMILES string of the molecule is COC(=O)C1C=CC(N=C(C)NC(=O)OC(C)(C)C)C1. The summed E-state index contributed by atoms with van der Waals surface area (Å²) < 4.78 is 9.81. The number of esters is 1. The Balaban J connectivity index is 2.49. The predicted molar refractivity (Wildman–Crippen MR) is 75.5 cm³/mol. The molecule has 0 saturated heterocycles. The van der Waals surface area contributed by atoms with Crippen LogP contribution in [0.1, 0.15) is 34.1 Å². The average Bonchev–Trinajstić information content (AvgIpc) is 2.73. The first kappa shape index (κ1) is 16.2. The Kier molecular flexibility index (Phi) is 5.30. The van der Waals surface area contributed by atoms with Gasteiger partial charge in [0.05, 0.1) is 19.1 Å². The van der Waals surface area contributed by atoms with Crippen LogP contribution in [0, 0.1) is 5.92 Å². The molecule has 0 aromatic rings. The van der Waals surface area contributed by atoms with Crippen molar-refractivity contribution in [2.45, 2.75) is 45.8 Å². The summed E-state index contributed by atoms with van der Waals surface area (Å²) in [5.41, 5.74) is -0.548. The number of aliphatic imine (C=N–C) groups is 1.